The number of rotatable bonds is 3. The third-order valence-electron chi connectivity index (χ3n) is 2.94. The largest absolute Gasteiger partial charge is 0.349 e. The summed E-state index contributed by atoms with van der Waals surface area (Å²) in [5.74, 6) is -0.821. The number of benzene rings is 1. The zero-order valence-electron chi connectivity index (χ0n) is 10.4. The fourth-order valence-corrected chi connectivity index (χ4v) is 3.16. The van der Waals surface area contributed by atoms with Crippen molar-refractivity contribution < 1.29 is 17.6 Å². The first-order chi connectivity index (χ1) is 8.85. The normalized spacial score (nSPS) is 20.4. The molecule has 1 heterocycles. The topological polar surface area (TPSA) is 63.2 Å². The van der Waals surface area contributed by atoms with Crippen LogP contribution in [0.5, 0.6) is 0 Å². The third-order valence-corrected chi connectivity index (χ3v) is 4.33. The molecule has 1 amide bonds. The van der Waals surface area contributed by atoms with Gasteiger partial charge in [0.1, 0.15) is 5.82 Å². The van der Waals surface area contributed by atoms with Gasteiger partial charge in [-0.1, -0.05) is 6.07 Å². The molecule has 0 fully saturated rings. The van der Waals surface area contributed by atoms with Crippen LogP contribution in [-0.4, -0.2) is 26.1 Å². The average molecular weight is 283 g/mol. The molecule has 6 heteroatoms. The lowest BCUT2D eigenvalue weighted by molar-refractivity contribution is -0.120. The van der Waals surface area contributed by atoms with Crippen molar-refractivity contribution in [3.8, 4) is 0 Å². The molecule has 0 saturated heterocycles. The molecule has 0 aromatic heterocycles. The van der Waals surface area contributed by atoms with E-state index in [0.717, 1.165) is 11.0 Å². The van der Waals surface area contributed by atoms with Crippen molar-refractivity contribution in [1.82, 2.24) is 5.32 Å². The summed E-state index contributed by atoms with van der Waals surface area (Å²) in [6.45, 7) is 1.79. The SMILES string of the molecule is Cc1ccc(F)cc1CC(=O)NC1C=CS(=O)(=O)C1. The molecular weight excluding hydrogens is 269 g/mol. The predicted octanol–water partition coefficient (Wildman–Crippen LogP) is 1.10. The first kappa shape index (κ1) is 13.7. The predicted molar refractivity (Wildman–Crippen MR) is 69.7 cm³/mol. The van der Waals surface area contributed by atoms with Crippen molar-refractivity contribution in [3.05, 3.63) is 46.6 Å². The molecule has 2 rings (SSSR count). The first-order valence-corrected chi connectivity index (χ1v) is 7.52. The Bertz CT molecular complexity index is 637. The van der Waals surface area contributed by atoms with Crippen LogP contribution in [0.1, 0.15) is 11.1 Å². The van der Waals surface area contributed by atoms with E-state index in [-0.39, 0.29) is 18.1 Å². The molecule has 1 unspecified atom stereocenters. The Morgan fingerprint density at radius 3 is 2.84 bits per heavy atom. The van der Waals surface area contributed by atoms with Crippen LogP contribution < -0.4 is 5.32 Å². The van der Waals surface area contributed by atoms with Crippen LogP contribution in [0.25, 0.3) is 0 Å². The van der Waals surface area contributed by atoms with Gasteiger partial charge in [-0.25, -0.2) is 12.8 Å². The molecule has 0 spiro atoms. The minimum atomic E-state index is -3.18. The van der Waals surface area contributed by atoms with Crippen molar-refractivity contribution in [2.75, 3.05) is 5.75 Å². The second-order valence-corrected chi connectivity index (χ2v) is 6.51. The van der Waals surface area contributed by atoms with Crippen molar-refractivity contribution in [2.45, 2.75) is 19.4 Å². The van der Waals surface area contributed by atoms with Gasteiger partial charge in [-0.3, -0.25) is 4.79 Å². The number of halogens is 1. The van der Waals surface area contributed by atoms with Gasteiger partial charge in [0, 0.05) is 5.41 Å². The minimum Gasteiger partial charge on any atom is -0.349 e. The van der Waals surface area contributed by atoms with E-state index in [1.165, 1.54) is 18.2 Å². The highest BCUT2D eigenvalue weighted by atomic mass is 32.2. The molecule has 0 saturated carbocycles. The van der Waals surface area contributed by atoms with Gasteiger partial charge >= 0.3 is 0 Å². The summed E-state index contributed by atoms with van der Waals surface area (Å²) in [6.07, 6.45) is 1.49. The number of carbonyl (C=O) groups excluding carboxylic acids is 1. The van der Waals surface area contributed by atoms with Gasteiger partial charge in [0.15, 0.2) is 9.84 Å². The number of amides is 1. The second kappa shape index (κ2) is 5.13. The molecular formula is C13H14FNO3S. The van der Waals surface area contributed by atoms with E-state index >= 15 is 0 Å². The Morgan fingerprint density at radius 2 is 2.21 bits per heavy atom. The molecule has 1 N–H and O–H groups in total. The summed E-state index contributed by atoms with van der Waals surface area (Å²) < 4.78 is 35.5. The van der Waals surface area contributed by atoms with E-state index in [1.807, 2.05) is 0 Å². The maximum atomic E-state index is 13.1. The lowest BCUT2D eigenvalue weighted by Gasteiger charge is -2.11. The highest BCUT2D eigenvalue weighted by Gasteiger charge is 2.23. The van der Waals surface area contributed by atoms with Crippen molar-refractivity contribution in [3.63, 3.8) is 0 Å². The standard InChI is InChI=1S/C13H14FNO3S/c1-9-2-3-11(14)6-10(9)7-13(16)15-12-4-5-19(17,18)8-12/h2-6,12H,7-8H2,1H3,(H,15,16). The first-order valence-electron chi connectivity index (χ1n) is 5.81. The Balaban J connectivity index is 1.99. The number of carbonyl (C=O) groups is 1. The zero-order chi connectivity index (χ0) is 14.0. The van der Waals surface area contributed by atoms with E-state index < -0.39 is 21.7 Å². The fourth-order valence-electron chi connectivity index (χ4n) is 1.93. The fraction of sp³-hybridized carbons (Fsp3) is 0.308. The van der Waals surface area contributed by atoms with Crippen LogP contribution >= 0.6 is 0 Å². The molecule has 1 aromatic rings. The molecule has 1 aliphatic rings. The lowest BCUT2D eigenvalue weighted by Crippen LogP contribution is -2.36. The summed E-state index contributed by atoms with van der Waals surface area (Å²) in [6, 6.07) is 3.77. The van der Waals surface area contributed by atoms with Crippen LogP contribution in [0.15, 0.2) is 29.7 Å². The van der Waals surface area contributed by atoms with Crippen molar-refractivity contribution >= 4 is 15.7 Å². The van der Waals surface area contributed by atoms with Crippen LogP contribution in [0.4, 0.5) is 4.39 Å². The van der Waals surface area contributed by atoms with E-state index in [2.05, 4.69) is 5.32 Å². The maximum absolute atomic E-state index is 13.1. The highest BCUT2D eigenvalue weighted by molar-refractivity contribution is 7.94. The molecule has 1 aliphatic heterocycles. The van der Waals surface area contributed by atoms with Gasteiger partial charge in [-0.15, -0.1) is 0 Å². The minimum absolute atomic E-state index is 0.0357. The summed E-state index contributed by atoms with van der Waals surface area (Å²) >= 11 is 0. The van der Waals surface area contributed by atoms with Gasteiger partial charge in [-0.2, -0.15) is 0 Å². The van der Waals surface area contributed by atoms with E-state index in [0.29, 0.717) is 5.56 Å². The summed E-state index contributed by atoms with van der Waals surface area (Å²) in [7, 11) is -3.18. The number of sulfone groups is 1. The van der Waals surface area contributed by atoms with Gasteiger partial charge < -0.3 is 5.32 Å². The van der Waals surface area contributed by atoms with Gasteiger partial charge in [0.2, 0.25) is 5.91 Å². The molecule has 0 aliphatic carbocycles. The van der Waals surface area contributed by atoms with E-state index in [1.54, 1.807) is 13.0 Å². The van der Waals surface area contributed by atoms with Gasteiger partial charge in [-0.05, 0) is 36.3 Å². The van der Waals surface area contributed by atoms with Crippen LogP contribution in [0, 0.1) is 12.7 Å². The molecule has 0 bridgehead atoms. The van der Waals surface area contributed by atoms with E-state index in [4.69, 9.17) is 0 Å². The number of hydrogen-bond donors (Lipinski definition) is 1. The average Bonchev–Trinajstić information content (AvgIpc) is 2.63. The smallest absolute Gasteiger partial charge is 0.224 e. The lowest BCUT2D eigenvalue weighted by atomic mass is 10.1. The van der Waals surface area contributed by atoms with Crippen LogP contribution in [-0.2, 0) is 21.1 Å². The molecule has 1 atom stereocenters. The third kappa shape index (κ3) is 3.64. The number of nitrogens with one attached hydrogen (secondary N) is 1. The van der Waals surface area contributed by atoms with E-state index in [9.17, 15) is 17.6 Å². The zero-order valence-corrected chi connectivity index (χ0v) is 11.2. The molecule has 19 heavy (non-hydrogen) atoms. The number of aryl methyl sites for hydroxylation is 1. The van der Waals surface area contributed by atoms with Crippen molar-refractivity contribution in [1.29, 1.82) is 0 Å². The molecule has 1 aromatic carbocycles. The molecule has 4 nitrogen and oxygen atoms in total. The Labute approximate surface area is 111 Å². The highest BCUT2D eigenvalue weighted by Crippen LogP contribution is 2.12. The summed E-state index contributed by atoms with van der Waals surface area (Å²) in [4.78, 5) is 11.8. The Morgan fingerprint density at radius 1 is 1.47 bits per heavy atom. The number of hydrogen-bond acceptors (Lipinski definition) is 3. The second-order valence-electron chi connectivity index (χ2n) is 4.58. The maximum Gasteiger partial charge on any atom is 0.224 e. The monoisotopic (exact) mass is 283 g/mol. The molecule has 0 radical (unpaired) electrons. The Kier molecular flexibility index (Phi) is 3.71. The Hall–Kier alpha value is -1.69. The van der Waals surface area contributed by atoms with Gasteiger partial charge in [0.05, 0.1) is 18.2 Å². The summed E-state index contributed by atoms with van der Waals surface area (Å²) in [5.41, 5.74) is 1.42. The summed E-state index contributed by atoms with van der Waals surface area (Å²) in [5, 5.41) is 3.70. The van der Waals surface area contributed by atoms with Crippen molar-refractivity contribution in [2.24, 2.45) is 0 Å². The molecule has 102 valence electrons. The quantitative estimate of drug-likeness (QED) is 0.903. The van der Waals surface area contributed by atoms with Gasteiger partial charge in [0.25, 0.3) is 0 Å². The van der Waals surface area contributed by atoms with Crippen LogP contribution in [0.3, 0.4) is 0 Å². The van der Waals surface area contributed by atoms with Crippen LogP contribution in [0.2, 0.25) is 0 Å².